The number of halogens is 2. The van der Waals surface area contributed by atoms with Gasteiger partial charge in [0, 0.05) is 31.5 Å². The lowest BCUT2D eigenvalue weighted by Crippen LogP contribution is -2.17. The Morgan fingerprint density at radius 3 is 2.76 bits per heavy atom. The number of para-hydroxylation sites is 1. The van der Waals surface area contributed by atoms with Gasteiger partial charge in [-0.3, -0.25) is 0 Å². The van der Waals surface area contributed by atoms with Gasteiger partial charge in [0.25, 0.3) is 0 Å². The molecule has 0 saturated carbocycles. The summed E-state index contributed by atoms with van der Waals surface area (Å²) in [6.45, 7) is 1.80. The topological polar surface area (TPSA) is 74.1 Å². The Hall–Kier alpha value is -2.00. The van der Waals surface area contributed by atoms with Crippen LogP contribution in [0.5, 0.6) is 11.5 Å². The van der Waals surface area contributed by atoms with Gasteiger partial charge in [-0.15, -0.1) is 5.10 Å². The SMILES string of the molecule is COc1cccc(CNCCSc2nnnn2C)c1OCc1ccc(Cl)c(Cl)c1. The fraction of sp³-hybridized carbons (Fsp3) is 0.316. The Morgan fingerprint density at radius 1 is 1.17 bits per heavy atom. The summed E-state index contributed by atoms with van der Waals surface area (Å²) in [4.78, 5) is 0. The van der Waals surface area contributed by atoms with E-state index in [0.29, 0.717) is 34.7 Å². The number of nitrogens with zero attached hydrogens (tertiary/aromatic N) is 4. The maximum absolute atomic E-state index is 6.09. The molecule has 29 heavy (non-hydrogen) atoms. The molecule has 7 nitrogen and oxygen atoms in total. The highest BCUT2D eigenvalue weighted by Gasteiger charge is 2.11. The number of aromatic nitrogens is 4. The van der Waals surface area contributed by atoms with Crippen molar-refractivity contribution in [3.05, 3.63) is 57.6 Å². The van der Waals surface area contributed by atoms with Crippen LogP contribution in [-0.4, -0.2) is 39.6 Å². The van der Waals surface area contributed by atoms with Crippen LogP contribution in [0.3, 0.4) is 0 Å². The molecule has 10 heteroatoms. The molecule has 0 amide bonds. The van der Waals surface area contributed by atoms with E-state index in [-0.39, 0.29) is 0 Å². The van der Waals surface area contributed by atoms with Crippen molar-refractivity contribution in [2.24, 2.45) is 7.05 Å². The fourth-order valence-corrected chi connectivity index (χ4v) is 3.66. The van der Waals surface area contributed by atoms with Crippen LogP contribution in [0.15, 0.2) is 41.6 Å². The van der Waals surface area contributed by atoms with Crippen LogP contribution >= 0.6 is 35.0 Å². The third kappa shape index (κ3) is 5.99. The normalized spacial score (nSPS) is 10.9. The number of hydrogen-bond acceptors (Lipinski definition) is 7. The van der Waals surface area contributed by atoms with Gasteiger partial charge in [-0.1, -0.05) is 53.2 Å². The number of hydrogen-bond donors (Lipinski definition) is 1. The van der Waals surface area contributed by atoms with Gasteiger partial charge in [-0.05, 0) is 34.2 Å². The minimum absolute atomic E-state index is 0.360. The van der Waals surface area contributed by atoms with Gasteiger partial charge in [0.2, 0.25) is 5.16 Å². The molecule has 0 aliphatic heterocycles. The van der Waals surface area contributed by atoms with Crippen LogP contribution in [0.4, 0.5) is 0 Å². The van der Waals surface area contributed by atoms with Crippen LogP contribution in [0.2, 0.25) is 10.0 Å². The number of ether oxygens (including phenoxy) is 2. The average Bonchev–Trinajstić information content (AvgIpc) is 3.13. The minimum Gasteiger partial charge on any atom is -0.493 e. The monoisotopic (exact) mass is 453 g/mol. The Labute approximate surface area is 183 Å². The quantitative estimate of drug-likeness (QED) is 0.367. The van der Waals surface area contributed by atoms with E-state index in [0.717, 1.165) is 28.6 Å². The third-order valence-corrected chi connectivity index (χ3v) is 5.81. The van der Waals surface area contributed by atoms with E-state index in [1.165, 1.54) is 0 Å². The summed E-state index contributed by atoms with van der Waals surface area (Å²) < 4.78 is 13.2. The Balaban J connectivity index is 1.58. The predicted octanol–water partition coefficient (Wildman–Crippen LogP) is 3.99. The molecule has 0 aliphatic carbocycles. The van der Waals surface area contributed by atoms with Crippen molar-refractivity contribution in [1.29, 1.82) is 0 Å². The number of aryl methyl sites for hydroxylation is 1. The van der Waals surface area contributed by atoms with Gasteiger partial charge in [0.05, 0.1) is 17.2 Å². The number of nitrogens with one attached hydrogen (secondary N) is 1. The summed E-state index contributed by atoms with van der Waals surface area (Å²) in [5.41, 5.74) is 1.94. The van der Waals surface area contributed by atoms with Crippen molar-refractivity contribution < 1.29 is 9.47 Å². The molecule has 0 unspecified atom stereocenters. The lowest BCUT2D eigenvalue weighted by molar-refractivity contribution is 0.281. The summed E-state index contributed by atoms with van der Waals surface area (Å²) in [6, 6.07) is 11.3. The Bertz CT molecular complexity index is 954. The second kappa shape index (κ2) is 10.7. The standard InChI is InChI=1S/C19H21Cl2N5O2S/c1-26-19(23-24-25-26)29-9-8-22-11-14-4-3-5-17(27-2)18(14)28-12-13-6-7-15(20)16(21)10-13/h3-7,10,22H,8-9,11-12H2,1-2H3. The van der Waals surface area contributed by atoms with Crippen LogP contribution in [0, 0.1) is 0 Å². The van der Waals surface area contributed by atoms with Gasteiger partial charge >= 0.3 is 0 Å². The molecule has 3 rings (SSSR count). The smallest absolute Gasteiger partial charge is 0.209 e. The molecule has 0 spiro atoms. The number of rotatable bonds is 10. The van der Waals surface area contributed by atoms with Gasteiger partial charge in [-0.2, -0.15) is 0 Å². The highest BCUT2D eigenvalue weighted by molar-refractivity contribution is 7.99. The van der Waals surface area contributed by atoms with Gasteiger partial charge in [0.15, 0.2) is 11.5 Å². The Kier molecular flexibility index (Phi) is 8.00. The number of thioether (sulfide) groups is 1. The van der Waals surface area contributed by atoms with Crippen LogP contribution in [0.25, 0.3) is 0 Å². The van der Waals surface area contributed by atoms with Crippen LogP contribution in [0.1, 0.15) is 11.1 Å². The molecular formula is C19H21Cl2N5O2S. The van der Waals surface area contributed by atoms with Crippen molar-refractivity contribution in [3.63, 3.8) is 0 Å². The summed E-state index contributed by atoms with van der Waals surface area (Å²) >= 11 is 13.7. The molecule has 1 heterocycles. The van der Waals surface area contributed by atoms with Crippen LogP contribution < -0.4 is 14.8 Å². The van der Waals surface area contributed by atoms with Crippen molar-refractivity contribution in [2.75, 3.05) is 19.4 Å². The molecule has 154 valence electrons. The summed E-state index contributed by atoms with van der Waals surface area (Å²) in [5.74, 6) is 2.24. The van der Waals surface area contributed by atoms with E-state index in [4.69, 9.17) is 32.7 Å². The summed E-state index contributed by atoms with van der Waals surface area (Å²) in [6.07, 6.45) is 0. The first kappa shape index (κ1) is 21.7. The molecule has 0 saturated heterocycles. The maximum atomic E-state index is 6.09. The van der Waals surface area contributed by atoms with Crippen molar-refractivity contribution in [1.82, 2.24) is 25.5 Å². The van der Waals surface area contributed by atoms with E-state index in [1.54, 1.807) is 35.7 Å². The van der Waals surface area contributed by atoms with Gasteiger partial charge in [-0.25, -0.2) is 4.68 Å². The van der Waals surface area contributed by atoms with E-state index in [9.17, 15) is 0 Å². The van der Waals surface area contributed by atoms with Crippen molar-refractivity contribution in [3.8, 4) is 11.5 Å². The van der Waals surface area contributed by atoms with Crippen molar-refractivity contribution >= 4 is 35.0 Å². The molecule has 3 aromatic rings. The molecule has 0 aliphatic rings. The van der Waals surface area contributed by atoms with Crippen LogP contribution in [-0.2, 0) is 20.2 Å². The van der Waals surface area contributed by atoms with E-state index >= 15 is 0 Å². The first-order valence-corrected chi connectivity index (χ1v) is 10.6. The van der Waals surface area contributed by atoms with E-state index in [1.807, 2.05) is 31.3 Å². The number of benzene rings is 2. The molecular weight excluding hydrogens is 433 g/mol. The molecule has 0 bridgehead atoms. The molecule has 2 aromatic carbocycles. The average molecular weight is 454 g/mol. The molecule has 1 aromatic heterocycles. The number of methoxy groups -OCH3 is 1. The second-order valence-corrected chi connectivity index (χ2v) is 7.97. The zero-order valence-corrected chi connectivity index (χ0v) is 18.4. The lowest BCUT2D eigenvalue weighted by atomic mass is 10.1. The largest absolute Gasteiger partial charge is 0.493 e. The zero-order valence-electron chi connectivity index (χ0n) is 16.1. The first-order chi connectivity index (χ1) is 14.1. The van der Waals surface area contributed by atoms with Crippen molar-refractivity contribution in [2.45, 2.75) is 18.3 Å². The van der Waals surface area contributed by atoms with E-state index in [2.05, 4.69) is 20.8 Å². The molecule has 1 N–H and O–H groups in total. The highest BCUT2D eigenvalue weighted by Crippen LogP contribution is 2.32. The zero-order chi connectivity index (χ0) is 20.6. The lowest BCUT2D eigenvalue weighted by Gasteiger charge is -2.16. The molecule has 0 fully saturated rings. The fourth-order valence-electron chi connectivity index (χ4n) is 2.59. The first-order valence-electron chi connectivity index (χ1n) is 8.87. The summed E-state index contributed by atoms with van der Waals surface area (Å²) in [5, 5.41) is 16.6. The molecule has 0 radical (unpaired) electrons. The number of tetrazole rings is 1. The van der Waals surface area contributed by atoms with Gasteiger partial charge in [0.1, 0.15) is 6.61 Å². The highest BCUT2D eigenvalue weighted by atomic mass is 35.5. The maximum Gasteiger partial charge on any atom is 0.209 e. The minimum atomic E-state index is 0.360. The second-order valence-electron chi connectivity index (χ2n) is 6.10. The summed E-state index contributed by atoms with van der Waals surface area (Å²) in [7, 11) is 3.45. The van der Waals surface area contributed by atoms with E-state index < -0.39 is 0 Å². The Morgan fingerprint density at radius 2 is 2.03 bits per heavy atom. The predicted molar refractivity (Wildman–Crippen MR) is 115 cm³/mol. The third-order valence-electron chi connectivity index (χ3n) is 4.05. The molecule has 0 atom stereocenters. The van der Waals surface area contributed by atoms with Gasteiger partial charge < -0.3 is 14.8 Å².